The molecule has 1 amide bonds. The molecule has 0 radical (unpaired) electrons. The molecule has 0 aromatic rings. The summed E-state index contributed by atoms with van der Waals surface area (Å²) < 4.78 is 0. The van der Waals surface area contributed by atoms with Gasteiger partial charge in [0.05, 0.1) is 0 Å². The minimum absolute atomic E-state index is 0.0131. The van der Waals surface area contributed by atoms with Gasteiger partial charge in [-0.3, -0.25) is 9.63 Å². The summed E-state index contributed by atoms with van der Waals surface area (Å²) in [4.78, 5) is 19.0. The largest absolute Gasteiger partial charge is 0.352 e. The number of amides is 1. The lowest BCUT2D eigenvalue weighted by Crippen LogP contribution is -2.39. The summed E-state index contributed by atoms with van der Waals surface area (Å²) in [7, 11) is 0. The SMILES string of the molecule is O=C(NCCN1CCCC1)[C@H]1CCNO1. The number of nitrogens with one attached hydrogen (secondary N) is 2. The molecule has 2 aliphatic rings. The first-order valence-electron chi connectivity index (χ1n) is 5.75. The second-order valence-electron chi connectivity index (χ2n) is 4.13. The molecule has 86 valence electrons. The molecule has 5 heteroatoms. The van der Waals surface area contributed by atoms with E-state index < -0.39 is 0 Å². The molecule has 0 aromatic heterocycles. The lowest BCUT2D eigenvalue weighted by atomic mass is 10.2. The van der Waals surface area contributed by atoms with Crippen LogP contribution in [0.1, 0.15) is 19.3 Å². The van der Waals surface area contributed by atoms with Gasteiger partial charge < -0.3 is 10.2 Å². The van der Waals surface area contributed by atoms with Crippen LogP contribution in [0.2, 0.25) is 0 Å². The molecule has 0 spiro atoms. The summed E-state index contributed by atoms with van der Waals surface area (Å²) in [5.74, 6) is 0.0131. The van der Waals surface area contributed by atoms with Gasteiger partial charge >= 0.3 is 0 Å². The van der Waals surface area contributed by atoms with Gasteiger partial charge in [-0.25, -0.2) is 5.48 Å². The predicted octanol–water partition coefficient (Wildman–Crippen LogP) is -0.508. The van der Waals surface area contributed by atoms with E-state index in [9.17, 15) is 4.79 Å². The zero-order valence-corrected chi connectivity index (χ0v) is 9.00. The summed E-state index contributed by atoms with van der Waals surface area (Å²) in [6, 6.07) is 0. The van der Waals surface area contributed by atoms with Gasteiger partial charge in [-0.05, 0) is 32.4 Å². The Morgan fingerprint density at radius 1 is 1.47 bits per heavy atom. The van der Waals surface area contributed by atoms with Gasteiger partial charge in [0.1, 0.15) is 0 Å². The summed E-state index contributed by atoms with van der Waals surface area (Å²) >= 11 is 0. The van der Waals surface area contributed by atoms with Gasteiger partial charge in [-0.1, -0.05) is 0 Å². The van der Waals surface area contributed by atoms with Crippen LogP contribution in [0.15, 0.2) is 0 Å². The van der Waals surface area contributed by atoms with Crippen LogP contribution in [0.5, 0.6) is 0 Å². The van der Waals surface area contributed by atoms with Crippen molar-refractivity contribution in [2.45, 2.75) is 25.4 Å². The van der Waals surface area contributed by atoms with Crippen LogP contribution >= 0.6 is 0 Å². The summed E-state index contributed by atoms with van der Waals surface area (Å²) in [6.07, 6.45) is 3.08. The van der Waals surface area contributed by atoms with Crippen molar-refractivity contribution in [3.63, 3.8) is 0 Å². The molecule has 0 bridgehead atoms. The van der Waals surface area contributed by atoms with Gasteiger partial charge in [0, 0.05) is 19.6 Å². The van der Waals surface area contributed by atoms with E-state index in [0.29, 0.717) is 0 Å². The third-order valence-corrected chi connectivity index (χ3v) is 2.95. The predicted molar refractivity (Wildman–Crippen MR) is 56.2 cm³/mol. The standard InChI is InChI=1S/C10H19N3O2/c14-10(9-3-4-12-15-9)11-5-8-13-6-1-2-7-13/h9,12H,1-8H2,(H,11,14)/t9-/m1/s1. The Bertz CT molecular complexity index is 211. The Labute approximate surface area is 90.1 Å². The van der Waals surface area contributed by atoms with Gasteiger partial charge in [-0.15, -0.1) is 0 Å². The van der Waals surface area contributed by atoms with Crippen LogP contribution in [0.3, 0.4) is 0 Å². The maximum atomic E-state index is 11.5. The molecule has 2 N–H and O–H groups in total. The lowest BCUT2D eigenvalue weighted by molar-refractivity contribution is -0.132. The van der Waals surface area contributed by atoms with Crippen LogP contribution < -0.4 is 10.8 Å². The Morgan fingerprint density at radius 2 is 2.27 bits per heavy atom. The smallest absolute Gasteiger partial charge is 0.251 e. The minimum atomic E-state index is -0.288. The lowest BCUT2D eigenvalue weighted by Gasteiger charge is -2.15. The molecule has 2 heterocycles. The van der Waals surface area contributed by atoms with Gasteiger partial charge in [0.2, 0.25) is 0 Å². The van der Waals surface area contributed by atoms with Gasteiger partial charge in [-0.2, -0.15) is 0 Å². The van der Waals surface area contributed by atoms with Gasteiger partial charge in [0.25, 0.3) is 5.91 Å². The van der Waals surface area contributed by atoms with Crippen molar-refractivity contribution in [3.8, 4) is 0 Å². The molecule has 15 heavy (non-hydrogen) atoms. The Kier molecular flexibility index (Phi) is 3.94. The van der Waals surface area contributed by atoms with Crippen LogP contribution in [0, 0.1) is 0 Å². The van der Waals surface area contributed by atoms with E-state index in [1.165, 1.54) is 25.9 Å². The number of carbonyl (C=O) groups is 1. The molecular formula is C10H19N3O2. The van der Waals surface area contributed by atoms with Crippen molar-refractivity contribution in [2.75, 3.05) is 32.7 Å². The summed E-state index contributed by atoms with van der Waals surface area (Å²) in [5.41, 5.74) is 2.71. The molecule has 0 unspecified atom stereocenters. The van der Waals surface area contributed by atoms with Crippen molar-refractivity contribution in [1.29, 1.82) is 0 Å². The monoisotopic (exact) mass is 213 g/mol. The van der Waals surface area contributed by atoms with Crippen molar-refractivity contribution >= 4 is 5.91 Å². The quantitative estimate of drug-likeness (QED) is 0.660. The fourth-order valence-corrected chi connectivity index (χ4v) is 2.05. The first kappa shape index (κ1) is 10.9. The molecule has 5 nitrogen and oxygen atoms in total. The second kappa shape index (κ2) is 5.44. The van der Waals surface area contributed by atoms with E-state index in [1.807, 2.05) is 0 Å². The third-order valence-electron chi connectivity index (χ3n) is 2.95. The highest BCUT2D eigenvalue weighted by Crippen LogP contribution is 2.06. The summed E-state index contributed by atoms with van der Waals surface area (Å²) in [5, 5.41) is 2.91. The number of carbonyl (C=O) groups excluding carboxylic acids is 1. The fourth-order valence-electron chi connectivity index (χ4n) is 2.05. The summed E-state index contributed by atoms with van der Waals surface area (Å²) in [6.45, 7) is 4.82. The van der Waals surface area contributed by atoms with E-state index >= 15 is 0 Å². The van der Waals surface area contributed by atoms with E-state index in [2.05, 4.69) is 15.7 Å². The van der Waals surface area contributed by atoms with Gasteiger partial charge in [0.15, 0.2) is 6.10 Å². The molecule has 0 saturated carbocycles. The first-order valence-corrected chi connectivity index (χ1v) is 5.75. The molecule has 2 aliphatic heterocycles. The molecule has 0 aromatic carbocycles. The zero-order chi connectivity index (χ0) is 10.5. The van der Waals surface area contributed by atoms with E-state index in [1.54, 1.807) is 0 Å². The van der Waals surface area contributed by atoms with Crippen LogP contribution in [-0.2, 0) is 9.63 Å². The van der Waals surface area contributed by atoms with Crippen LogP contribution in [0.4, 0.5) is 0 Å². The van der Waals surface area contributed by atoms with E-state index in [0.717, 1.165) is 26.1 Å². The zero-order valence-electron chi connectivity index (χ0n) is 9.00. The van der Waals surface area contributed by atoms with Crippen molar-refractivity contribution in [3.05, 3.63) is 0 Å². The average molecular weight is 213 g/mol. The second-order valence-corrected chi connectivity index (χ2v) is 4.13. The molecule has 2 rings (SSSR count). The minimum Gasteiger partial charge on any atom is -0.352 e. The molecule has 1 atom stereocenters. The van der Waals surface area contributed by atoms with Crippen molar-refractivity contribution in [2.24, 2.45) is 0 Å². The first-order chi connectivity index (χ1) is 7.36. The maximum Gasteiger partial charge on any atom is 0.251 e. The normalized spacial score (nSPS) is 27.1. The number of hydrogen-bond acceptors (Lipinski definition) is 4. The Hall–Kier alpha value is -0.650. The van der Waals surface area contributed by atoms with E-state index in [-0.39, 0.29) is 12.0 Å². The highest BCUT2D eigenvalue weighted by atomic mass is 16.7. The van der Waals surface area contributed by atoms with Crippen molar-refractivity contribution < 1.29 is 9.63 Å². The number of hydroxylamine groups is 1. The number of nitrogens with zero attached hydrogens (tertiary/aromatic N) is 1. The number of likely N-dealkylation sites (tertiary alicyclic amines) is 1. The fraction of sp³-hybridized carbons (Fsp3) is 0.900. The number of rotatable bonds is 4. The topological polar surface area (TPSA) is 53.6 Å². The third kappa shape index (κ3) is 3.15. The highest BCUT2D eigenvalue weighted by Gasteiger charge is 2.23. The Balaban J connectivity index is 1.58. The average Bonchev–Trinajstić information content (AvgIpc) is 2.90. The van der Waals surface area contributed by atoms with Crippen molar-refractivity contribution in [1.82, 2.24) is 15.7 Å². The Morgan fingerprint density at radius 3 is 2.93 bits per heavy atom. The maximum absolute atomic E-state index is 11.5. The van der Waals surface area contributed by atoms with E-state index in [4.69, 9.17) is 4.84 Å². The molecule has 0 aliphatic carbocycles. The highest BCUT2D eigenvalue weighted by molar-refractivity contribution is 5.80. The van der Waals surface area contributed by atoms with Crippen LogP contribution in [0.25, 0.3) is 0 Å². The van der Waals surface area contributed by atoms with Crippen LogP contribution in [-0.4, -0.2) is 49.6 Å². The molecule has 2 saturated heterocycles. The number of hydrogen-bond donors (Lipinski definition) is 2. The molecular weight excluding hydrogens is 194 g/mol. The molecule has 2 fully saturated rings.